The molecule has 0 aliphatic carbocycles. The van der Waals surface area contributed by atoms with E-state index in [9.17, 15) is 73.2 Å². The van der Waals surface area contributed by atoms with Crippen LogP contribution in [0, 0.1) is 5.92 Å². The maximum atomic E-state index is 14.5. The minimum atomic E-state index is -1.88. The number of primary amides is 2. The first-order chi connectivity index (χ1) is 37.5. The van der Waals surface area contributed by atoms with E-state index in [1.54, 1.807) is 44.2 Å². The molecule has 3 aromatic rings. The number of phenolic OH excluding ortho intramolecular Hbond substituents is 1. The van der Waals surface area contributed by atoms with Gasteiger partial charge in [0.1, 0.15) is 60.1 Å². The summed E-state index contributed by atoms with van der Waals surface area (Å²) in [5.41, 5.74) is 23.3. The number of aromatic nitrogens is 2. The molecule has 0 saturated heterocycles. The molecule has 432 valence electrons. The van der Waals surface area contributed by atoms with Crippen molar-refractivity contribution < 1.29 is 73.2 Å². The summed E-state index contributed by atoms with van der Waals surface area (Å²) in [5, 5.41) is 58.9. The highest BCUT2D eigenvalue weighted by Crippen LogP contribution is 2.15. The van der Waals surface area contributed by atoms with Crippen LogP contribution in [0.15, 0.2) is 67.1 Å². The molecule has 10 amide bonds. The zero-order valence-electron chi connectivity index (χ0n) is 43.6. The number of aromatic amines is 1. The third-order valence-electron chi connectivity index (χ3n) is 12.3. The Morgan fingerprint density at radius 1 is 0.570 bits per heavy atom. The number of unbranched alkanes of at least 4 members (excludes halogenated alkanes) is 1. The number of aromatic hydroxyl groups is 1. The van der Waals surface area contributed by atoms with Gasteiger partial charge in [0.25, 0.3) is 0 Å². The van der Waals surface area contributed by atoms with Crippen LogP contribution in [0.2, 0.25) is 0 Å². The Morgan fingerprint density at radius 3 is 1.53 bits per heavy atom. The number of carbonyl (C=O) groups excluding carboxylic acids is 10. The smallest absolute Gasteiger partial charge is 0.326 e. The van der Waals surface area contributed by atoms with E-state index in [1.807, 2.05) is 0 Å². The number of benzene rings is 2. The Hall–Kier alpha value is -8.54. The molecule has 29 heteroatoms. The van der Waals surface area contributed by atoms with E-state index in [4.69, 9.17) is 22.9 Å². The molecule has 0 radical (unpaired) electrons. The summed E-state index contributed by atoms with van der Waals surface area (Å²) in [6.07, 6.45) is 1.15. The zero-order chi connectivity index (χ0) is 58.8. The van der Waals surface area contributed by atoms with Crippen LogP contribution in [0.25, 0.3) is 0 Å². The lowest BCUT2D eigenvalue weighted by Crippen LogP contribution is -2.62. The molecular weight excluding hydrogens is 1040 g/mol. The van der Waals surface area contributed by atoms with Crippen molar-refractivity contribution in [3.8, 4) is 5.75 Å². The number of amides is 10. The van der Waals surface area contributed by atoms with E-state index in [1.165, 1.54) is 36.8 Å². The fourth-order valence-electron chi connectivity index (χ4n) is 7.67. The Kier molecular flexibility index (Phi) is 27.0. The molecule has 0 aliphatic heterocycles. The second-order valence-corrected chi connectivity index (χ2v) is 18.6. The van der Waals surface area contributed by atoms with Gasteiger partial charge in [-0.15, -0.1) is 0 Å². The summed E-state index contributed by atoms with van der Waals surface area (Å²) < 4.78 is 0. The topological polar surface area (TPSA) is 498 Å². The summed E-state index contributed by atoms with van der Waals surface area (Å²) >= 11 is 0. The SMILES string of the molecule is CCC(C)C(NC(=O)C(CC(N)=O)NC(=O)C(CO)NC(=O)C(Cc1ccccc1)NC(=O)C(Cc1ccc(O)cc1)NC(=O)C(CCCCN)NC(=O)C(CC(N)=O)NC(=O)C(N)CO)C(=O)NC(Cc1cnc[nH]1)C(=O)O. The van der Waals surface area contributed by atoms with Gasteiger partial charge < -0.3 is 90.9 Å². The molecule has 0 spiro atoms. The molecule has 10 atom stereocenters. The molecule has 79 heavy (non-hydrogen) atoms. The van der Waals surface area contributed by atoms with Crippen LogP contribution in [0.1, 0.15) is 69.2 Å². The predicted octanol–water partition coefficient (Wildman–Crippen LogP) is -5.66. The molecule has 21 N–H and O–H groups in total. The van der Waals surface area contributed by atoms with E-state index in [-0.39, 0.29) is 50.8 Å². The standard InChI is InChI=1S/C50H72N14O15/c1-3-26(2)41(49(77)62-37(50(78)79)19-29-22-55-25-56-29)64-47(75)36(21-40(54)69)61-48(76)38(24-66)63-45(73)33(17-27-9-5-4-6-10-27)60-44(72)34(18-28-12-14-30(67)15-13-28)59-43(71)32(11-7-8-16-51)57-46(74)35(20-39(53)68)58-42(70)31(52)23-65/h4-6,9-10,12-15,22,25-26,31-38,41,65-67H,3,7-8,11,16-21,23-24,51-52H2,1-2H3,(H2,53,68)(H2,54,69)(H,55,56)(H,57,74)(H,58,70)(H,59,71)(H,60,72)(H,61,76)(H,62,77)(H,63,73)(H,64,75)(H,78,79). The van der Waals surface area contributed by atoms with Crippen molar-refractivity contribution >= 4 is 65.0 Å². The van der Waals surface area contributed by atoms with Crippen molar-refractivity contribution in [2.45, 2.75) is 126 Å². The van der Waals surface area contributed by atoms with Crippen LogP contribution in [-0.4, -0.2) is 170 Å². The van der Waals surface area contributed by atoms with Crippen molar-refractivity contribution in [2.75, 3.05) is 19.8 Å². The number of nitrogens with one attached hydrogen (secondary N) is 9. The van der Waals surface area contributed by atoms with Gasteiger partial charge >= 0.3 is 5.97 Å². The maximum Gasteiger partial charge on any atom is 0.326 e. The number of H-pyrrole nitrogens is 1. The Bertz CT molecular complexity index is 2540. The number of carboxylic acid groups (broad SMARTS) is 1. The van der Waals surface area contributed by atoms with Crippen LogP contribution in [0.4, 0.5) is 0 Å². The number of nitrogens with two attached hydrogens (primary N) is 4. The number of imidazole rings is 1. The summed E-state index contributed by atoms with van der Waals surface area (Å²) in [4.78, 5) is 153. The summed E-state index contributed by atoms with van der Waals surface area (Å²) in [7, 11) is 0. The molecule has 10 unspecified atom stereocenters. The molecule has 3 rings (SSSR count). The molecule has 0 bridgehead atoms. The first kappa shape index (κ1) is 64.7. The van der Waals surface area contributed by atoms with Crippen LogP contribution < -0.4 is 65.5 Å². The summed E-state index contributed by atoms with van der Waals surface area (Å²) in [6, 6.07) is -0.672. The Labute approximate surface area is 453 Å². The second kappa shape index (κ2) is 32.9. The number of aliphatic hydroxyl groups is 2. The number of rotatable bonds is 35. The Balaban J connectivity index is 1.94. The van der Waals surface area contributed by atoms with Gasteiger partial charge in [-0.3, -0.25) is 47.9 Å². The fourth-order valence-corrected chi connectivity index (χ4v) is 7.67. The van der Waals surface area contributed by atoms with Crippen LogP contribution in [-0.2, 0) is 72.0 Å². The normalized spacial score (nSPS) is 14.8. The van der Waals surface area contributed by atoms with Gasteiger partial charge in [-0.25, -0.2) is 9.78 Å². The van der Waals surface area contributed by atoms with E-state index in [0.29, 0.717) is 23.2 Å². The average molecular weight is 1110 g/mol. The van der Waals surface area contributed by atoms with Gasteiger partial charge in [0.05, 0.1) is 32.4 Å². The summed E-state index contributed by atoms with van der Waals surface area (Å²) in [5.74, 6) is -12.6. The van der Waals surface area contributed by atoms with Crippen molar-refractivity contribution in [2.24, 2.45) is 28.9 Å². The van der Waals surface area contributed by atoms with Gasteiger partial charge in [0.2, 0.25) is 59.1 Å². The highest BCUT2D eigenvalue weighted by Gasteiger charge is 2.37. The number of hydrogen-bond acceptors (Lipinski definition) is 17. The maximum absolute atomic E-state index is 14.5. The number of aliphatic carboxylic acids is 1. The number of nitrogens with zero attached hydrogens (tertiary/aromatic N) is 1. The number of hydrogen-bond donors (Lipinski definition) is 17. The first-order valence-electron chi connectivity index (χ1n) is 25.2. The van der Waals surface area contributed by atoms with E-state index < -0.39 is 151 Å². The molecule has 1 heterocycles. The van der Waals surface area contributed by atoms with Crippen molar-refractivity contribution in [3.05, 3.63) is 83.9 Å². The average Bonchev–Trinajstić information content (AvgIpc) is 3.93. The quantitative estimate of drug-likeness (QED) is 0.0244. The lowest BCUT2D eigenvalue weighted by atomic mass is 9.97. The lowest BCUT2D eigenvalue weighted by Gasteiger charge is -2.28. The minimum absolute atomic E-state index is 0.0877. The van der Waals surface area contributed by atoms with Gasteiger partial charge in [-0.1, -0.05) is 62.7 Å². The zero-order valence-corrected chi connectivity index (χ0v) is 43.6. The molecule has 29 nitrogen and oxygen atoms in total. The van der Waals surface area contributed by atoms with Crippen molar-refractivity contribution in [3.63, 3.8) is 0 Å². The third kappa shape index (κ3) is 22.2. The number of aliphatic hydroxyl groups excluding tert-OH is 2. The second-order valence-electron chi connectivity index (χ2n) is 18.6. The van der Waals surface area contributed by atoms with Gasteiger partial charge in [0, 0.05) is 31.2 Å². The minimum Gasteiger partial charge on any atom is -0.508 e. The van der Waals surface area contributed by atoms with Crippen molar-refractivity contribution in [1.29, 1.82) is 0 Å². The molecule has 0 fully saturated rings. The highest BCUT2D eigenvalue weighted by atomic mass is 16.4. The molecule has 2 aromatic carbocycles. The lowest BCUT2D eigenvalue weighted by molar-refractivity contribution is -0.142. The molecule has 0 saturated carbocycles. The van der Waals surface area contributed by atoms with Crippen LogP contribution in [0.5, 0.6) is 5.75 Å². The monoisotopic (exact) mass is 1110 g/mol. The van der Waals surface area contributed by atoms with E-state index >= 15 is 0 Å². The summed E-state index contributed by atoms with van der Waals surface area (Å²) in [6.45, 7) is 1.53. The third-order valence-corrected chi connectivity index (χ3v) is 12.3. The van der Waals surface area contributed by atoms with E-state index in [2.05, 4.69) is 52.5 Å². The van der Waals surface area contributed by atoms with Crippen LogP contribution in [0.3, 0.4) is 0 Å². The molecule has 1 aromatic heterocycles. The molecular formula is C50H72N14O15. The number of phenols is 1. The van der Waals surface area contributed by atoms with Crippen LogP contribution >= 0.6 is 0 Å². The largest absolute Gasteiger partial charge is 0.508 e. The molecule has 0 aliphatic rings. The number of carbonyl (C=O) groups is 11. The van der Waals surface area contributed by atoms with Gasteiger partial charge in [-0.05, 0) is 55.0 Å². The first-order valence-corrected chi connectivity index (χ1v) is 25.2. The van der Waals surface area contributed by atoms with E-state index in [0.717, 1.165) is 0 Å². The van der Waals surface area contributed by atoms with Gasteiger partial charge in [-0.2, -0.15) is 0 Å². The van der Waals surface area contributed by atoms with Gasteiger partial charge in [0.15, 0.2) is 0 Å². The predicted molar refractivity (Wildman–Crippen MR) is 279 cm³/mol. The highest BCUT2D eigenvalue weighted by molar-refractivity contribution is 5.99. The van der Waals surface area contributed by atoms with Crippen molar-refractivity contribution in [1.82, 2.24) is 52.5 Å². The fraction of sp³-hybridized carbons (Fsp3) is 0.480. The Morgan fingerprint density at radius 2 is 1.04 bits per heavy atom. The number of carboxylic acids is 1.